The predicted octanol–water partition coefficient (Wildman–Crippen LogP) is 4.01. The third kappa shape index (κ3) is 4.53. The molecule has 3 aromatic rings. The first-order chi connectivity index (χ1) is 17.9. The van der Waals surface area contributed by atoms with Gasteiger partial charge in [0, 0.05) is 13.1 Å². The standard InChI is InChI=1S/C27H26N4O5S/c1-14-5-3-6-16(9-14)25-23(29-15(2)37-25)26(33)31-12-17-10-18(17)20(31)11-28-27(34)36-21-8-4-7-19-24(21)35-13-22(32)30-19/h3-9,17-18,20H,10-13H2,1-2H3,(H,28,34)(H,30,32)/t17-,18-,20+/m0/s1. The molecule has 2 N–H and O–H groups in total. The van der Waals surface area contributed by atoms with Gasteiger partial charge >= 0.3 is 6.09 Å². The summed E-state index contributed by atoms with van der Waals surface area (Å²) in [4.78, 5) is 45.3. The number of rotatable bonds is 5. The van der Waals surface area contributed by atoms with E-state index >= 15 is 0 Å². The fourth-order valence-corrected chi connectivity index (χ4v) is 6.15. The van der Waals surface area contributed by atoms with Crippen molar-refractivity contribution in [3.05, 3.63) is 58.7 Å². The van der Waals surface area contributed by atoms with Crippen molar-refractivity contribution < 1.29 is 23.9 Å². The van der Waals surface area contributed by atoms with E-state index in [9.17, 15) is 14.4 Å². The second kappa shape index (κ2) is 9.19. The molecule has 1 aliphatic carbocycles. The highest BCUT2D eigenvalue weighted by molar-refractivity contribution is 7.15. The summed E-state index contributed by atoms with van der Waals surface area (Å²) >= 11 is 1.52. The second-order valence-corrected chi connectivity index (χ2v) is 10.9. The van der Waals surface area contributed by atoms with Crippen LogP contribution in [-0.2, 0) is 4.79 Å². The predicted molar refractivity (Wildman–Crippen MR) is 138 cm³/mol. The van der Waals surface area contributed by atoms with Crippen LogP contribution in [0.1, 0.15) is 27.5 Å². The van der Waals surface area contributed by atoms with E-state index in [1.54, 1.807) is 18.2 Å². The number of fused-ring (bicyclic) bond motifs is 2. The summed E-state index contributed by atoms with van der Waals surface area (Å²) in [5.74, 6) is 0.982. The van der Waals surface area contributed by atoms with E-state index in [2.05, 4.69) is 21.7 Å². The lowest BCUT2D eigenvalue weighted by molar-refractivity contribution is -0.118. The fourth-order valence-electron chi connectivity index (χ4n) is 5.25. The number of piperidine rings is 1. The summed E-state index contributed by atoms with van der Waals surface area (Å²) in [6.45, 7) is 4.74. The average molecular weight is 519 g/mol. The number of benzene rings is 2. The summed E-state index contributed by atoms with van der Waals surface area (Å²) in [5.41, 5.74) is 3.04. The number of carbonyl (C=O) groups is 3. The molecule has 9 nitrogen and oxygen atoms in total. The van der Waals surface area contributed by atoms with Gasteiger partial charge in [0.2, 0.25) is 0 Å². The van der Waals surface area contributed by atoms with Gasteiger partial charge in [-0.3, -0.25) is 9.59 Å². The largest absolute Gasteiger partial charge is 0.478 e. The first kappa shape index (κ1) is 23.5. The van der Waals surface area contributed by atoms with Gasteiger partial charge in [-0.2, -0.15) is 0 Å². The van der Waals surface area contributed by atoms with E-state index < -0.39 is 6.09 Å². The number of likely N-dealkylation sites (tertiary alicyclic amines) is 1. The number of aryl methyl sites for hydroxylation is 2. The van der Waals surface area contributed by atoms with Crippen molar-refractivity contribution in [1.29, 1.82) is 0 Å². The van der Waals surface area contributed by atoms with Gasteiger partial charge in [0.1, 0.15) is 5.69 Å². The van der Waals surface area contributed by atoms with Crippen molar-refractivity contribution in [2.45, 2.75) is 26.3 Å². The third-order valence-electron chi connectivity index (χ3n) is 7.04. The molecule has 0 spiro atoms. The molecule has 10 heteroatoms. The van der Waals surface area contributed by atoms with Crippen LogP contribution in [-0.4, -0.2) is 53.5 Å². The van der Waals surface area contributed by atoms with Crippen LogP contribution in [0.2, 0.25) is 0 Å². The maximum Gasteiger partial charge on any atom is 0.412 e. The lowest BCUT2D eigenvalue weighted by Crippen LogP contribution is -2.46. The molecule has 0 bridgehead atoms. The maximum atomic E-state index is 13.7. The van der Waals surface area contributed by atoms with Gasteiger partial charge in [0.15, 0.2) is 18.1 Å². The number of hydrogen-bond donors (Lipinski definition) is 2. The van der Waals surface area contributed by atoms with Crippen molar-refractivity contribution in [3.63, 3.8) is 0 Å². The van der Waals surface area contributed by atoms with Crippen LogP contribution in [0.4, 0.5) is 10.5 Å². The Morgan fingerprint density at radius 3 is 2.92 bits per heavy atom. The summed E-state index contributed by atoms with van der Waals surface area (Å²) < 4.78 is 10.9. The van der Waals surface area contributed by atoms with Crippen LogP contribution < -0.4 is 20.1 Å². The Hall–Kier alpha value is -3.92. The number of anilines is 1. The quantitative estimate of drug-likeness (QED) is 0.528. The molecule has 6 rings (SSSR count). The molecule has 190 valence electrons. The first-order valence-corrected chi connectivity index (χ1v) is 13.1. The molecular formula is C27H26N4O5S. The zero-order chi connectivity index (χ0) is 25.7. The Balaban J connectivity index is 1.16. The Bertz CT molecular complexity index is 1420. The Labute approximate surface area is 217 Å². The summed E-state index contributed by atoms with van der Waals surface area (Å²) in [7, 11) is 0. The van der Waals surface area contributed by atoms with Gasteiger partial charge < -0.3 is 25.0 Å². The molecule has 3 atom stereocenters. The van der Waals surface area contributed by atoms with Crippen molar-refractivity contribution in [2.24, 2.45) is 11.8 Å². The molecule has 1 saturated carbocycles. The maximum absolute atomic E-state index is 13.7. The van der Waals surface area contributed by atoms with Gasteiger partial charge in [0.25, 0.3) is 11.8 Å². The number of thiazole rings is 1. The summed E-state index contributed by atoms with van der Waals surface area (Å²) in [6, 6.07) is 12.9. The van der Waals surface area contributed by atoms with Gasteiger partial charge in [-0.25, -0.2) is 9.78 Å². The van der Waals surface area contributed by atoms with E-state index in [0.717, 1.165) is 27.4 Å². The van der Waals surface area contributed by atoms with Crippen LogP contribution in [0.5, 0.6) is 11.5 Å². The van der Waals surface area contributed by atoms with Gasteiger partial charge in [0.05, 0.1) is 21.6 Å². The van der Waals surface area contributed by atoms with Crippen LogP contribution in [0.25, 0.3) is 10.4 Å². The summed E-state index contributed by atoms with van der Waals surface area (Å²) in [5, 5.41) is 6.36. The lowest BCUT2D eigenvalue weighted by Gasteiger charge is -2.27. The molecule has 3 amide bonds. The van der Waals surface area contributed by atoms with Crippen LogP contribution in [0, 0.1) is 25.7 Å². The second-order valence-electron chi connectivity index (χ2n) is 9.70. The SMILES string of the molecule is Cc1cccc(-c2sc(C)nc2C(=O)N2C[C@@H]3C[C@@H]3[C@H]2CNC(=O)Oc2cccc3c2OCC(=O)N3)c1. The molecule has 3 aliphatic rings. The number of ether oxygens (including phenoxy) is 2. The molecule has 0 radical (unpaired) electrons. The van der Waals surface area contributed by atoms with Gasteiger partial charge in [-0.1, -0.05) is 35.9 Å². The lowest BCUT2D eigenvalue weighted by atomic mass is 10.1. The minimum Gasteiger partial charge on any atom is -0.478 e. The zero-order valence-electron chi connectivity index (χ0n) is 20.4. The normalized spacial score (nSPS) is 21.4. The number of carbonyl (C=O) groups excluding carboxylic acids is 3. The third-order valence-corrected chi connectivity index (χ3v) is 8.06. The van der Waals surface area contributed by atoms with Crippen molar-refractivity contribution in [1.82, 2.24) is 15.2 Å². The molecular weight excluding hydrogens is 492 g/mol. The number of hydrogen-bond acceptors (Lipinski definition) is 7. The number of nitrogens with one attached hydrogen (secondary N) is 2. The van der Waals surface area contributed by atoms with Crippen molar-refractivity contribution in [2.75, 3.05) is 25.0 Å². The van der Waals surface area contributed by atoms with E-state index in [0.29, 0.717) is 35.5 Å². The van der Waals surface area contributed by atoms with Gasteiger partial charge in [-0.05, 0) is 49.8 Å². The number of aromatic nitrogens is 1. The molecule has 2 aliphatic heterocycles. The molecule has 3 heterocycles. The molecule has 0 unspecified atom stereocenters. The molecule has 1 aromatic heterocycles. The Morgan fingerprint density at radius 2 is 2.08 bits per heavy atom. The minimum absolute atomic E-state index is 0.102. The summed E-state index contributed by atoms with van der Waals surface area (Å²) in [6.07, 6.45) is 0.404. The molecule has 2 aromatic carbocycles. The first-order valence-electron chi connectivity index (χ1n) is 12.2. The van der Waals surface area contributed by atoms with E-state index in [1.807, 2.05) is 36.9 Å². The highest BCUT2D eigenvalue weighted by Gasteiger charge is 2.54. The Kier molecular flexibility index (Phi) is 5.83. The highest BCUT2D eigenvalue weighted by Crippen LogP contribution is 2.50. The van der Waals surface area contributed by atoms with Crippen LogP contribution >= 0.6 is 11.3 Å². The van der Waals surface area contributed by atoms with E-state index in [4.69, 9.17) is 9.47 Å². The average Bonchev–Trinajstić information content (AvgIpc) is 3.38. The minimum atomic E-state index is -0.643. The molecule has 2 fully saturated rings. The Morgan fingerprint density at radius 1 is 1.24 bits per heavy atom. The van der Waals surface area contributed by atoms with E-state index in [-0.39, 0.29) is 36.8 Å². The number of para-hydroxylation sites is 1. The van der Waals surface area contributed by atoms with E-state index in [1.165, 1.54) is 11.3 Å². The van der Waals surface area contributed by atoms with Crippen molar-refractivity contribution in [3.8, 4) is 21.9 Å². The van der Waals surface area contributed by atoms with Gasteiger partial charge in [-0.15, -0.1) is 11.3 Å². The topological polar surface area (TPSA) is 110 Å². The monoisotopic (exact) mass is 518 g/mol. The molecule has 37 heavy (non-hydrogen) atoms. The molecule has 1 saturated heterocycles. The zero-order valence-corrected chi connectivity index (χ0v) is 21.3. The smallest absolute Gasteiger partial charge is 0.412 e. The van der Waals surface area contributed by atoms with Crippen molar-refractivity contribution >= 4 is 34.9 Å². The number of nitrogens with zero attached hydrogens (tertiary/aromatic N) is 2. The van der Waals surface area contributed by atoms with Crippen LogP contribution in [0.3, 0.4) is 0 Å². The fraction of sp³-hybridized carbons (Fsp3) is 0.333. The highest BCUT2D eigenvalue weighted by atomic mass is 32.1. The number of amides is 3. The van der Waals surface area contributed by atoms with Crippen LogP contribution in [0.15, 0.2) is 42.5 Å².